The summed E-state index contributed by atoms with van der Waals surface area (Å²) in [5.41, 5.74) is 1.47. The van der Waals surface area contributed by atoms with Crippen LogP contribution in [0.1, 0.15) is 30.1 Å². The van der Waals surface area contributed by atoms with Gasteiger partial charge in [-0.1, -0.05) is 13.3 Å². The maximum absolute atomic E-state index is 11.9. The smallest absolute Gasteiger partial charge is 0.258 e. The van der Waals surface area contributed by atoms with Crippen molar-refractivity contribution in [3.8, 4) is 0 Å². The van der Waals surface area contributed by atoms with Crippen molar-refractivity contribution in [2.75, 3.05) is 17.2 Å². The van der Waals surface area contributed by atoms with Gasteiger partial charge in [0.15, 0.2) is 0 Å². The number of nitrogens with one attached hydrogen (secondary N) is 2. The van der Waals surface area contributed by atoms with E-state index in [9.17, 15) is 4.79 Å². The Morgan fingerprint density at radius 1 is 1.25 bits per heavy atom. The number of nitrogens with zero attached hydrogens (tertiary/aromatic N) is 2. The average Bonchev–Trinajstić information content (AvgIpc) is 2.50. The van der Waals surface area contributed by atoms with Crippen molar-refractivity contribution in [3.63, 3.8) is 0 Å². The molecule has 0 spiro atoms. The van der Waals surface area contributed by atoms with E-state index in [1.807, 2.05) is 6.07 Å². The first-order valence-corrected chi connectivity index (χ1v) is 6.71. The largest absolute Gasteiger partial charge is 0.384 e. The van der Waals surface area contributed by atoms with Crippen LogP contribution in [-0.2, 0) is 0 Å². The number of carbonyl (C=O) groups is 1. The van der Waals surface area contributed by atoms with Gasteiger partial charge in [-0.25, -0.2) is 4.98 Å². The molecule has 0 aliphatic rings. The fraction of sp³-hybridized carbons (Fsp3) is 0.267. The van der Waals surface area contributed by atoms with E-state index >= 15 is 0 Å². The highest BCUT2D eigenvalue weighted by Gasteiger charge is 2.06. The zero-order valence-corrected chi connectivity index (χ0v) is 11.5. The first kappa shape index (κ1) is 14.0. The molecular weight excluding hydrogens is 252 g/mol. The SMILES string of the molecule is CCCCNc1ccc(NC(=O)c2cccnc2)nc1. The van der Waals surface area contributed by atoms with Gasteiger partial charge in [0.05, 0.1) is 17.4 Å². The Morgan fingerprint density at radius 2 is 2.15 bits per heavy atom. The molecule has 0 saturated heterocycles. The van der Waals surface area contributed by atoms with E-state index in [-0.39, 0.29) is 5.91 Å². The molecule has 0 saturated carbocycles. The van der Waals surface area contributed by atoms with Crippen molar-refractivity contribution in [1.82, 2.24) is 9.97 Å². The van der Waals surface area contributed by atoms with E-state index in [4.69, 9.17) is 0 Å². The minimum Gasteiger partial charge on any atom is -0.384 e. The summed E-state index contributed by atoms with van der Waals surface area (Å²) in [7, 11) is 0. The number of unbranched alkanes of at least 4 members (excludes halogenated alkanes) is 1. The van der Waals surface area contributed by atoms with Gasteiger partial charge >= 0.3 is 0 Å². The van der Waals surface area contributed by atoms with Gasteiger partial charge in [-0.05, 0) is 30.7 Å². The van der Waals surface area contributed by atoms with Crippen LogP contribution in [0.5, 0.6) is 0 Å². The maximum Gasteiger partial charge on any atom is 0.258 e. The Bertz CT molecular complexity index is 540. The molecule has 0 aromatic carbocycles. The maximum atomic E-state index is 11.9. The number of carbonyl (C=O) groups excluding carboxylic acids is 1. The molecule has 0 radical (unpaired) electrons. The summed E-state index contributed by atoms with van der Waals surface area (Å²) in [5, 5.41) is 6.01. The van der Waals surface area contributed by atoms with Crippen molar-refractivity contribution in [3.05, 3.63) is 48.4 Å². The second-order valence-corrected chi connectivity index (χ2v) is 4.41. The summed E-state index contributed by atoms with van der Waals surface area (Å²) in [5.74, 6) is 0.317. The molecule has 2 aromatic heterocycles. The van der Waals surface area contributed by atoms with Crippen LogP contribution in [0.2, 0.25) is 0 Å². The molecule has 2 N–H and O–H groups in total. The van der Waals surface area contributed by atoms with Gasteiger partial charge in [-0.15, -0.1) is 0 Å². The molecule has 0 bridgehead atoms. The normalized spacial score (nSPS) is 10.1. The zero-order chi connectivity index (χ0) is 14.2. The summed E-state index contributed by atoms with van der Waals surface area (Å²) >= 11 is 0. The zero-order valence-electron chi connectivity index (χ0n) is 11.5. The molecule has 0 aliphatic heterocycles. The Balaban J connectivity index is 1.92. The summed E-state index contributed by atoms with van der Waals surface area (Å²) in [6.45, 7) is 3.08. The van der Waals surface area contributed by atoms with Crippen molar-refractivity contribution in [2.24, 2.45) is 0 Å². The highest BCUT2D eigenvalue weighted by molar-refractivity contribution is 6.03. The fourth-order valence-corrected chi connectivity index (χ4v) is 1.67. The third-order valence-electron chi connectivity index (χ3n) is 2.79. The molecule has 5 nitrogen and oxygen atoms in total. The van der Waals surface area contributed by atoms with E-state index in [1.165, 1.54) is 6.20 Å². The van der Waals surface area contributed by atoms with Crippen LogP contribution in [0.4, 0.5) is 11.5 Å². The van der Waals surface area contributed by atoms with Gasteiger partial charge in [0.25, 0.3) is 5.91 Å². The molecule has 0 aliphatic carbocycles. The lowest BCUT2D eigenvalue weighted by molar-refractivity contribution is 0.102. The molecule has 2 aromatic rings. The third-order valence-corrected chi connectivity index (χ3v) is 2.79. The minimum absolute atomic E-state index is 0.211. The van der Waals surface area contributed by atoms with E-state index in [1.54, 1.807) is 30.6 Å². The van der Waals surface area contributed by atoms with Crippen molar-refractivity contribution in [1.29, 1.82) is 0 Å². The Labute approximate surface area is 118 Å². The molecule has 104 valence electrons. The molecule has 20 heavy (non-hydrogen) atoms. The summed E-state index contributed by atoms with van der Waals surface area (Å²) in [4.78, 5) is 20.0. The number of rotatable bonds is 6. The highest BCUT2D eigenvalue weighted by Crippen LogP contribution is 2.11. The van der Waals surface area contributed by atoms with Gasteiger partial charge in [-0.2, -0.15) is 0 Å². The minimum atomic E-state index is -0.211. The summed E-state index contributed by atoms with van der Waals surface area (Å²) in [6.07, 6.45) is 7.15. The van der Waals surface area contributed by atoms with Crippen molar-refractivity contribution < 1.29 is 4.79 Å². The molecule has 1 amide bonds. The van der Waals surface area contributed by atoms with Gasteiger partial charge in [0, 0.05) is 18.9 Å². The molecule has 2 rings (SSSR count). The van der Waals surface area contributed by atoms with Crippen molar-refractivity contribution >= 4 is 17.4 Å². The monoisotopic (exact) mass is 270 g/mol. The van der Waals surface area contributed by atoms with Gasteiger partial charge in [0.1, 0.15) is 5.82 Å². The molecule has 0 fully saturated rings. The second-order valence-electron chi connectivity index (χ2n) is 4.41. The summed E-state index contributed by atoms with van der Waals surface area (Å²) in [6, 6.07) is 7.12. The molecular formula is C15H18N4O. The fourth-order valence-electron chi connectivity index (χ4n) is 1.67. The van der Waals surface area contributed by atoms with Crippen LogP contribution < -0.4 is 10.6 Å². The number of pyridine rings is 2. The summed E-state index contributed by atoms with van der Waals surface area (Å²) < 4.78 is 0. The van der Waals surface area contributed by atoms with Crippen LogP contribution >= 0.6 is 0 Å². The predicted molar refractivity (Wildman–Crippen MR) is 79.8 cm³/mol. The Hall–Kier alpha value is -2.43. The Morgan fingerprint density at radius 3 is 2.80 bits per heavy atom. The third kappa shape index (κ3) is 4.05. The topological polar surface area (TPSA) is 66.9 Å². The lowest BCUT2D eigenvalue weighted by Gasteiger charge is -2.07. The van der Waals surface area contributed by atoms with Crippen LogP contribution in [0.15, 0.2) is 42.9 Å². The average molecular weight is 270 g/mol. The van der Waals surface area contributed by atoms with E-state index < -0.39 is 0 Å². The first-order chi connectivity index (χ1) is 9.79. The quantitative estimate of drug-likeness (QED) is 0.792. The van der Waals surface area contributed by atoms with Crippen LogP contribution in [0.3, 0.4) is 0 Å². The van der Waals surface area contributed by atoms with Crippen LogP contribution in [0.25, 0.3) is 0 Å². The van der Waals surface area contributed by atoms with Gasteiger partial charge < -0.3 is 10.6 Å². The number of hydrogen-bond donors (Lipinski definition) is 2. The molecule has 2 heterocycles. The van der Waals surface area contributed by atoms with E-state index in [0.717, 1.165) is 25.1 Å². The van der Waals surface area contributed by atoms with Gasteiger partial charge in [-0.3, -0.25) is 9.78 Å². The van der Waals surface area contributed by atoms with Gasteiger partial charge in [0.2, 0.25) is 0 Å². The van der Waals surface area contributed by atoms with E-state index in [0.29, 0.717) is 11.4 Å². The number of amides is 1. The molecule has 0 unspecified atom stereocenters. The number of hydrogen-bond acceptors (Lipinski definition) is 4. The number of aromatic nitrogens is 2. The standard InChI is InChI=1S/C15H18N4O/c1-2-3-9-17-13-6-7-14(18-11-13)19-15(20)12-5-4-8-16-10-12/h4-8,10-11,17H,2-3,9H2,1H3,(H,18,19,20). The number of anilines is 2. The van der Waals surface area contributed by atoms with Crippen LogP contribution in [0, 0.1) is 0 Å². The van der Waals surface area contributed by atoms with Crippen LogP contribution in [-0.4, -0.2) is 22.4 Å². The second kappa shape index (κ2) is 7.23. The predicted octanol–water partition coefficient (Wildman–Crippen LogP) is 2.94. The lowest BCUT2D eigenvalue weighted by Crippen LogP contribution is -2.13. The highest BCUT2D eigenvalue weighted by atomic mass is 16.1. The lowest BCUT2D eigenvalue weighted by atomic mass is 10.2. The van der Waals surface area contributed by atoms with Crippen molar-refractivity contribution in [2.45, 2.75) is 19.8 Å². The van der Waals surface area contributed by atoms with E-state index in [2.05, 4.69) is 27.5 Å². The Kier molecular flexibility index (Phi) is 5.06. The molecule has 0 atom stereocenters. The first-order valence-electron chi connectivity index (χ1n) is 6.71. The molecule has 5 heteroatoms.